The van der Waals surface area contributed by atoms with Crippen LogP contribution in [0.5, 0.6) is 0 Å². The summed E-state index contributed by atoms with van der Waals surface area (Å²) in [5.41, 5.74) is 13.7. The van der Waals surface area contributed by atoms with Crippen LogP contribution in [0.25, 0.3) is 10.9 Å². The van der Waals surface area contributed by atoms with Crippen LogP contribution in [0.4, 0.5) is 0 Å². The van der Waals surface area contributed by atoms with E-state index in [2.05, 4.69) is 15.6 Å². The minimum Gasteiger partial charge on any atom is -0.480 e. The van der Waals surface area contributed by atoms with Crippen molar-refractivity contribution >= 4 is 34.6 Å². The molecule has 208 valence electrons. The number of hydrogen-bond donors (Lipinski definition) is 7. The number of benzene rings is 1. The fourth-order valence-electron chi connectivity index (χ4n) is 4.81. The molecular formula is C26H38N6O6. The topological polar surface area (TPSA) is 204 Å². The second-order valence-corrected chi connectivity index (χ2v) is 9.77. The molecule has 5 atom stereocenters. The standard InChI is InChI=1S/C26H38N6O6/c1-15(33)22(26(37)38)31-23(34)20(9-4-5-11-27)30-24(35)21-10-6-12-32(21)25(36)18(28)13-16-14-29-19-8-3-2-7-17(16)19/h2-3,7-8,14-15,18,20-22,29,33H,4-6,9-13,27-28H2,1H3,(H,30,35)(H,31,34)(H,37,38). The highest BCUT2D eigenvalue weighted by molar-refractivity contribution is 5.94. The van der Waals surface area contributed by atoms with Gasteiger partial charge in [-0.25, -0.2) is 4.79 Å². The molecule has 1 aliphatic heterocycles. The smallest absolute Gasteiger partial charge is 0.328 e. The Bertz CT molecular complexity index is 1130. The number of nitrogens with one attached hydrogen (secondary N) is 3. The lowest BCUT2D eigenvalue weighted by Crippen LogP contribution is -2.58. The highest BCUT2D eigenvalue weighted by Crippen LogP contribution is 2.22. The molecule has 0 aliphatic carbocycles. The van der Waals surface area contributed by atoms with Gasteiger partial charge in [-0.2, -0.15) is 0 Å². The molecule has 12 heteroatoms. The number of carbonyl (C=O) groups is 4. The van der Waals surface area contributed by atoms with Crippen LogP contribution in [0, 0.1) is 0 Å². The lowest BCUT2D eigenvalue weighted by Gasteiger charge is -2.29. The molecule has 1 aromatic carbocycles. The first kappa shape index (κ1) is 29.1. The number of hydrogen-bond acceptors (Lipinski definition) is 7. The van der Waals surface area contributed by atoms with Crippen molar-refractivity contribution in [2.75, 3.05) is 13.1 Å². The number of carbonyl (C=O) groups excluding carboxylic acids is 3. The molecule has 0 spiro atoms. The Balaban J connectivity index is 1.68. The number of unbranched alkanes of at least 4 members (excludes halogenated alkanes) is 1. The van der Waals surface area contributed by atoms with E-state index in [1.807, 2.05) is 30.5 Å². The van der Waals surface area contributed by atoms with Gasteiger partial charge in [-0.15, -0.1) is 0 Å². The van der Waals surface area contributed by atoms with E-state index in [4.69, 9.17) is 11.5 Å². The predicted octanol–water partition coefficient (Wildman–Crippen LogP) is -0.407. The lowest BCUT2D eigenvalue weighted by atomic mass is 10.0. The Kier molecular flexibility index (Phi) is 10.2. The van der Waals surface area contributed by atoms with E-state index in [1.165, 1.54) is 11.8 Å². The van der Waals surface area contributed by atoms with Crippen LogP contribution in [0.3, 0.4) is 0 Å². The quantitative estimate of drug-likeness (QED) is 0.169. The van der Waals surface area contributed by atoms with Gasteiger partial charge in [0.15, 0.2) is 6.04 Å². The van der Waals surface area contributed by atoms with E-state index in [1.54, 1.807) is 0 Å². The molecule has 9 N–H and O–H groups in total. The molecular weight excluding hydrogens is 492 g/mol. The Morgan fingerprint density at radius 2 is 1.92 bits per heavy atom. The number of carboxylic acid groups (broad SMARTS) is 1. The van der Waals surface area contributed by atoms with Crippen molar-refractivity contribution in [2.45, 2.75) is 75.7 Å². The average molecular weight is 531 g/mol. The van der Waals surface area contributed by atoms with Crippen LogP contribution in [-0.4, -0.2) is 87.1 Å². The maximum absolute atomic E-state index is 13.3. The number of carboxylic acids is 1. The second-order valence-electron chi connectivity index (χ2n) is 9.77. The first-order chi connectivity index (χ1) is 18.1. The first-order valence-corrected chi connectivity index (χ1v) is 13.0. The van der Waals surface area contributed by atoms with E-state index in [0.29, 0.717) is 45.2 Å². The van der Waals surface area contributed by atoms with Crippen molar-refractivity contribution in [1.82, 2.24) is 20.5 Å². The van der Waals surface area contributed by atoms with Crippen LogP contribution < -0.4 is 22.1 Å². The van der Waals surface area contributed by atoms with Crippen molar-refractivity contribution in [3.8, 4) is 0 Å². The number of aliphatic carboxylic acids is 1. The van der Waals surface area contributed by atoms with E-state index < -0.39 is 48.1 Å². The zero-order chi connectivity index (χ0) is 27.8. The summed E-state index contributed by atoms with van der Waals surface area (Å²) in [6.45, 7) is 2.02. The third kappa shape index (κ3) is 7.09. The zero-order valence-corrected chi connectivity index (χ0v) is 21.6. The summed E-state index contributed by atoms with van der Waals surface area (Å²) < 4.78 is 0. The maximum Gasteiger partial charge on any atom is 0.328 e. The van der Waals surface area contributed by atoms with Gasteiger partial charge >= 0.3 is 5.97 Å². The molecule has 3 amide bonds. The minimum atomic E-state index is -1.52. The molecule has 38 heavy (non-hydrogen) atoms. The van der Waals surface area contributed by atoms with Crippen molar-refractivity contribution < 1.29 is 29.4 Å². The maximum atomic E-state index is 13.3. The molecule has 1 saturated heterocycles. The third-order valence-electron chi connectivity index (χ3n) is 6.90. The molecule has 3 rings (SSSR count). The minimum absolute atomic E-state index is 0.224. The number of rotatable bonds is 13. The van der Waals surface area contributed by atoms with Gasteiger partial charge in [0.2, 0.25) is 17.7 Å². The zero-order valence-electron chi connectivity index (χ0n) is 21.6. The molecule has 12 nitrogen and oxygen atoms in total. The molecule has 1 fully saturated rings. The number of nitrogens with zero attached hydrogens (tertiary/aromatic N) is 1. The number of fused-ring (bicyclic) bond motifs is 1. The third-order valence-corrected chi connectivity index (χ3v) is 6.90. The highest BCUT2D eigenvalue weighted by atomic mass is 16.4. The number of aromatic amines is 1. The van der Waals surface area contributed by atoms with Crippen LogP contribution in [0.15, 0.2) is 30.5 Å². The summed E-state index contributed by atoms with van der Waals surface area (Å²) >= 11 is 0. The number of likely N-dealkylation sites (tertiary alicyclic amines) is 1. The predicted molar refractivity (Wildman–Crippen MR) is 141 cm³/mol. The van der Waals surface area contributed by atoms with E-state index in [0.717, 1.165) is 16.5 Å². The van der Waals surface area contributed by atoms with Gasteiger partial charge in [-0.3, -0.25) is 14.4 Å². The van der Waals surface area contributed by atoms with Gasteiger partial charge in [-0.05, 0) is 63.6 Å². The van der Waals surface area contributed by atoms with Gasteiger partial charge in [0.25, 0.3) is 0 Å². The Labute approximate surface area is 221 Å². The Hall–Kier alpha value is -3.48. The Morgan fingerprint density at radius 1 is 1.18 bits per heavy atom. The number of aliphatic hydroxyl groups is 1. The molecule has 2 heterocycles. The Morgan fingerprint density at radius 3 is 2.61 bits per heavy atom. The van der Waals surface area contributed by atoms with Gasteiger partial charge < -0.3 is 42.2 Å². The van der Waals surface area contributed by atoms with Gasteiger partial charge in [0.05, 0.1) is 12.1 Å². The molecule has 2 aromatic rings. The number of amides is 3. The van der Waals surface area contributed by atoms with Crippen molar-refractivity contribution in [2.24, 2.45) is 11.5 Å². The summed E-state index contributed by atoms with van der Waals surface area (Å²) in [5, 5.41) is 25.0. The van der Waals surface area contributed by atoms with Crippen LogP contribution in [-0.2, 0) is 25.6 Å². The molecule has 0 bridgehead atoms. The molecule has 0 radical (unpaired) electrons. The molecule has 1 aliphatic rings. The normalized spacial score (nSPS) is 18.5. The average Bonchev–Trinajstić information content (AvgIpc) is 3.53. The van der Waals surface area contributed by atoms with Gasteiger partial charge in [0.1, 0.15) is 12.1 Å². The molecule has 1 aromatic heterocycles. The van der Waals surface area contributed by atoms with Crippen molar-refractivity contribution in [3.05, 3.63) is 36.0 Å². The van der Waals surface area contributed by atoms with E-state index in [9.17, 15) is 29.4 Å². The first-order valence-electron chi connectivity index (χ1n) is 13.0. The molecule has 5 unspecified atom stereocenters. The summed E-state index contributed by atoms with van der Waals surface area (Å²) in [7, 11) is 0. The number of para-hydroxylation sites is 1. The molecule has 0 saturated carbocycles. The number of aliphatic hydroxyl groups excluding tert-OH is 1. The van der Waals surface area contributed by atoms with Gasteiger partial charge in [-0.1, -0.05) is 18.2 Å². The lowest BCUT2D eigenvalue weighted by molar-refractivity contribution is -0.145. The monoisotopic (exact) mass is 530 g/mol. The van der Waals surface area contributed by atoms with Crippen LogP contribution in [0.1, 0.15) is 44.6 Å². The fourth-order valence-corrected chi connectivity index (χ4v) is 4.81. The summed E-state index contributed by atoms with van der Waals surface area (Å²) in [4.78, 5) is 55.5. The van der Waals surface area contributed by atoms with Crippen LogP contribution in [0.2, 0.25) is 0 Å². The number of H-pyrrole nitrogens is 1. The van der Waals surface area contributed by atoms with E-state index >= 15 is 0 Å². The van der Waals surface area contributed by atoms with Crippen LogP contribution >= 0.6 is 0 Å². The number of nitrogens with two attached hydrogens (primary N) is 2. The van der Waals surface area contributed by atoms with Crippen molar-refractivity contribution in [1.29, 1.82) is 0 Å². The summed E-state index contributed by atoms with van der Waals surface area (Å²) in [6.07, 6.45) is 3.16. The number of aromatic nitrogens is 1. The fraction of sp³-hybridized carbons (Fsp3) is 0.538. The SMILES string of the molecule is CC(O)C(NC(=O)C(CCCCN)NC(=O)C1CCCN1C(=O)C(N)Cc1c[nH]c2ccccc12)C(=O)O. The van der Waals surface area contributed by atoms with Gasteiger partial charge in [0, 0.05) is 23.6 Å². The highest BCUT2D eigenvalue weighted by Gasteiger charge is 2.38. The van der Waals surface area contributed by atoms with E-state index in [-0.39, 0.29) is 12.3 Å². The largest absolute Gasteiger partial charge is 0.480 e. The summed E-state index contributed by atoms with van der Waals surface area (Å²) in [5.74, 6) is -2.98. The van der Waals surface area contributed by atoms with Crippen molar-refractivity contribution in [3.63, 3.8) is 0 Å². The second kappa shape index (κ2) is 13.4. The summed E-state index contributed by atoms with van der Waals surface area (Å²) in [6, 6.07) is 3.49.